The molecule has 0 amide bonds. The Labute approximate surface area is 50.8 Å². The van der Waals surface area contributed by atoms with Gasteiger partial charge in [-0.2, -0.15) is 0 Å². The highest BCUT2D eigenvalue weighted by Gasteiger charge is 1.94. The van der Waals surface area contributed by atoms with E-state index in [9.17, 15) is 0 Å². The van der Waals surface area contributed by atoms with Crippen molar-refractivity contribution >= 4 is 0 Å². The zero-order valence-electron chi connectivity index (χ0n) is 5.36. The van der Waals surface area contributed by atoms with E-state index < -0.39 is 0 Å². The fourth-order valence-electron chi connectivity index (χ4n) is 0.248. The number of hydrogen-bond acceptors (Lipinski definition) is 1. The average molecular weight is 109 g/mol. The Kier molecular flexibility index (Phi) is 2.79. The first kappa shape index (κ1) is 7.10. The lowest BCUT2D eigenvalue weighted by molar-refractivity contribution is 0.750. The zero-order chi connectivity index (χ0) is 6.57. The standard InChI is InChI=1S/C7H11N/c1-5-8-7(4)6(2)3/h1,7-8H,2H2,3-4H3. The summed E-state index contributed by atoms with van der Waals surface area (Å²) in [7, 11) is 0. The monoisotopic (exact) mass is 109 g/mol. The molecular formula is C7H11N. The Morgan fingerprint density at radius 3 is 2.50 bits per heavy atom. The van der Waals surface area contributed by atoms with Crippen LogP contribution in [0.4, 0.5) is 0 Å². The van der Waals surface area contributed by atoms with Gasteiger partial charge < -0.3 is 5.32 Å². The van der Waals surface area contributed by atoms with Gasteiger partial charge in [-0.25, -0.2) is 0 Å². The Balaban J connectivity index is 3.52. The molecule has 0 rings (SSSR count). The van der Waals surface area contributed by atoms with Crippen LogP contribution in [0, 0.1) is 12.5 Å². The van der Waals surface area contributed by atoms with E-state index in [1.54, 1.807) is 0 Å². The Morgan fingerprint density at radius 2 is 2.38 bits per heavy atom. The van der Waals surface area contributed by atoms with Crippen LogP contribution in [0.1, 0.15) is 13.8 Å². The summed E-state index contributed by atoms with van der Waals surface area (Å²) < 4.78 is 0. The normalized spacial score (nSPS) is 11.6. The lowest BCUT2D eigenvalue weighted by atomic mass is 10.2. The van der Waals surface area contributed by atoms with Crippen LogP contribution in [0.5, 0.6) is 0 Å². The molecule has 1 unspecified atom stereocenters. The second-order valence-electron chi connectivity index (χ2n) is 1.86. The fraction of sp³-hybridized carbons (Fsp3) is 0.429. The van der Waals surface area contributed by atoms with E-state index in [0.29, 0.717) is 0 Å². The minimum Gasteiger partial charge on any atom is -0.339 e. The SMILES string of the molecule is C#CNC(C)C(=C)C. The predicted octanol–water partition coefficient (Wildman–Crippen LogP) is 1.13. The van der Waals surface area contributed by atoms with Crippen LogP contribution < -0.4 is 5.32 Å². The Hall–Kier alpha value is -0.900. The minimum absolute atomic E-state index is 0.236. The second-order valence-corrected chi connectivity index (χ2v) is 1.86. The average Bonchev–Trinajstić information content (AvgIpc) is 1.67. The molecular weight excluding hydrogens is 98.1 g/mol. The summed E-state index contributed by atoms with van der Waals surface area (Å²) in [4.78, 5) is 0. The molecule has 0 aliphatic heterocycles. The highest BCUT2D eigenvalue weighted by Crippen LogP contribution is 1.93. The van der Waals surface area contributed by atoms with Crippen LogP contribution in [0.25, 0.3) is 0 Å². The van der Waals surface area contributed by atoms with Gasteiger partial charge in [-0.05, 0) is 13.8 Å². The van der Waals surface area contributed by atoms with Gasteiger partial charge in [0.2, 0.25) is 0 Å². The van der Waals surface area contributed by atoms with Crippen molar-refractivity contribution in [3.63, 3.8) is 0 Å². The third kappa shape index (κ3) is 2.30. The van der Waals surface area contributed by atoms with Gasteiger partial charge in [0.25, 0.3) is 0 Å². The topological polar surface area (TPSA) is 12.0 Å². The van der Waals surface area contributed by atoms with Gasteiger partial charge in [0.05, 0.1) is 6.04 Å². The molecule has 0 aromatic heterocycles. The Morgan fingerprint density at radius 1 is 1.88 bits per heavy atom. The van der Waals surface area contributed by atoms with Gasteiger partial charge in [0, 0.05) is 6.04 Å². The van der Waals surface area contributed by atoms with Crippen molar-refractivity contribution in [3.8, 4) is 12.5 Å². The first-order valence-corrected chi connectivity index (χ1v) is 2.55. The molecule has 0 aliphatic carbocycles. The predicted molar refractivity (Wildman–Crippen MR) is 36.2 cm³/mol. The molecule has 8 heavy (non-hydrogen) atoms. The van der Waals surface area contributed by atoms with E-state index in [2.05, 4.69) is 17.9 Å². The maximum Gasteiger partial charge on any atom is 0.0516 e. The summed E-state index contributed by atoms with van der Waals surface area (Å²) >= 11 is 0. The summed E-state index contributed by atoms with van der Waals surface area (Å²) in [6.07, 6.45) is 4.96. The lowest BCUT2D eigenvalue weighted by Crippen LogP contribution is -2.20. The first-order valence-electron chi connectivity index (χ1n) is 2.55. The highest BCUT2D eigenvalue weighted by atomic mass is 14.9. The minimum atomic E-state index is 0.236. The smallest absolute Gasteiger partial charge is 0.0516 e. The van der Waals surface area contributed by atoms with Crippen molar-refractivity contribution in [3.05, 3.63) is 12.2 Å². The van der Waals surface area contributed by atoms with Crippen molar-refractivity contribution in [1.29, 1.82) is 0 Å². The molecule has 0 aromatic carbocycles. The lowest BCUT2D eigenvalue weighted by Gasteiger charge is -2.07. The summed E-state index contributed by atoms with van der Waals surface area (Å²) in [5, 5.41) is 2.77. The van der Waals surface area contributed by atoms with E-state index in [0.717, 1.165) is 5.57 Å². The molecule has 1 N–H and O–H groups in total. The molecule has 0 saturated heterocycles. The van der Waals surface area contributed by atoms with Crippen molar-refractivity contribution < 1.29 is 0 Å². The van der Waals surface area contributed by atoms with Crippen LogP contribution in [0.3, 0.4) is 0 Å². The summed E-state index contributed by atoms with van der Waals surface area (Å²) in [6.45, 7) is 7.63. The number of terminal acetylenes is 1. The van der Waals surface area contributed by atoms with E-state index in [1.165, 1.54) is 0 Å². The second kappa shape index (κ2) is 3.15. The molecule has 1 nitrogen and oxygen atoms in total. The molecule has 0 spiro atoms. The number of rotatable bonds is 2. The van der Waals surface area contributed by atoms with Crippen molar-refractivity contribution in [1.82, 2.24) is 5.32 Å². The van der Waals surface area contributed by atoms with E-state index in [4.69, 9.17) is 6.42 Å². The van der Waals surface area contributed by atoms with Gasteiger partial charge >= 0.3 is 0 Å². The summed E-state index contributed by atoms with van der Waals surface area (Å²) in [6, 6.07) is 2.57. The number of nitrogens with one attached hydrogen (secondary N) is 1. The quantitative estimate of drug-likeness (QED) is 0.318. The summed E-state index contributed by atoms with van der Waals surface area (Å²) in [5.74, 6) is 0. The third-order valence-electron chi connectivity index (χ3n) is 1.04. The van der Waals surface area contributed by atoms with Gasteiger partial charge in [-0.15, -0.1) is 0 Å². The molecule has 0 aliphatic rings. The van der Waals surface area contributed by atoms with Crippen molar-refractivity contribution in [2.24, 2.45) is 0 Å². The van der Waals surface area contributed by atoms with Gasteiger partial charge in [0.1, 0.15) is 0 Å². The molecule has 0 radical (unpaired) electrons. The molecule has 0 heterocycles. The first-order chi connectivity index (χ1) is 3.68. The maximum absolute atomic E-state index is 4.96. The highest BCUT2D eigenvalue weighted by molar-refractivity contribution is 5.02. The molecule has 1 atom stereocenters. The molecule has 0 aromatic rings. The maximum atomic E-state index is 4.96. The molecule has 1 heteroatoms. The van der Waals surface area contributed by atoms with Crippen LogP contribution in [0.2, 0.25) is 0 Å². The van der Waals surface area contributed by atoms with Gasteiger partial charge in [-0.3, -0.25) is 0 Å². The zero-order valence-corrected chi connectivity index (χ0v) is 5.36. The largest absolute Gasteiger partial charge is 0.339 e. The third-order valence-corrected chi connectivity index (χ3v) is 1.04. The van der Waals surface area contributed by atoms with Crippen LogP contribution in [-0.4, -0.2) is 6.04 Å². The van der Waals surface area contributed by atoms with Crippen molar-refractivity contribution in [2.45, 2.75) is 19.9 Å². The van der Waals surface area contributed by atoms with Gasteiger partial charge in [-0.1, -0.05) is 18.6 Å². The molecule has 0 saturated carbocycles. The van der Waals surface area contributed by atoms with E-state index >= 15 is 0 Å². The van der Waals surface area contributed by atoms with Gasteiger partial charge in [0.15, 0.2) is 0 Å². The molecule has 44 valence electrons. The Bertz CT molecular complexity index is 119. The molecule has 0 bridgehead atoms. The van der Waals surface area contributed by atoms with Crippen LogP contribution in [-0.2, 0) is 0 Å². The van der Waals surface area contributed by atoms with E-state index in [1.807, 2.05) is 13.8 Å². The summed E-state index contributed by atoms with van der Waals surface area (Å²) in [5.41, 5.74) is 1.06. The number of hydrogen-bond donors (Lipinski definition) is 1. The van der Waals surface area contributed by atoms with E-state index in [-0.39, 0.29) is 6.04 Å². The molecule has 0 fully saturated rings. The van der Waals surface area contributed by atoms with Crippen LogP contribution >= 0.6 is 0 Å². The van der Waals surface area contributed by atoms with Crippen LogP contribution in [0.15, 0.2) is 12.2 Å². The fourth-order valence-corrected chi connectivity index (χ4v) is 0.248. The van der Waals surface area contributed by atoms with Crippen molar-refractivity contribution in [2.75, 3.05) is 0 Å².